The highest BCUT2D eigenvalue weighted by atomic mass is 15.1. The molecule has 0 amide bonds. The van der Waals surface area contributed by atoms with Crippen molar-refractivity contribution >= 4 is 49.4 Å². The van der Waals surface area contributed by atoms with E-state index in [1.54, 1.807) is 0 Å². The lowest BCUT2D eigenvalue weighted by Crippen LogP contribution is -2.15. The first-order valence-corrected chi connectivity index (χ1v) is 20.3. The molecular formula is C57H41N. The Balaban J connectivity index is 1.06. The van der Waals surface area contributed by atoms with Crippen LogP contribution in [0.4, 0.5) is 17.1 Å². The van der Waals surface area contributed by atoms with Crippen LogP contribution in [0.15, 0.2) is 212 Å². The highest BCUT2D eigenvalue weighted by Gasteiger charge is 2.35. The van der Waals surface area contributed by atoms with E-state index >= 15 is 0 Å². The van der Waals surface area contributed by atoms with Crippen molar-refractivity contribution in [1.82, 2.24) is 0 Å². The number of hydrogen-bond acceptors (Lipinski definition) is 1. The van der Waals surface area contributed by atoms with E-state index in [1.807, 2.05) is 0 Å². The molecule has 10 aromatic carbocycles. The predicted molar refractivity (Wildman–Crippen MR) is 248 cm³/mol. The van der Waals surface area contributed by atoms with Crippen LogP contribution in [-0.2, 0) is 5.41 Å². The average molecular weight is 740 g/mol. The fourth-order valence-electron chi connectivity index (χ4n) is 9.48. The largest absolute Gasteiger partial charge is 0.310 e. The average Bonchev–Trinajstić information content (AvgIpc) is 3.52. The molecule has 11 rings (SSSR count). The molecule has 0 bridgehead atoms. The molecule has 274 valence electrons. The molecule has 0 radical (unpaired) electrons. The highest BCUT2D eigenvalue weighted by Crippen LogP contribution is 2.51. The van der Waals surface area contributed by atoms with Crippen molar-refractivity contribution < 1.29 is 0 Å². The molecule has 58 heavy (non-hydrogen) atoms. The van der Waals surface area contributed by atoms with Crippen LogP contribution in [0.5, 0.6) is 0 Å². The third-order valence-electron chi connectivity index (χ3n) is 12.5. The zero-order valence-corrected chi connectivity index (χ0v) is 32.7. The number of fused-ring (bicyclic) bond motifs is 7. The van der Waals surface area contributed by atoms with E-state index < -0.39 is 0 Å². The van der Waals surface area contributed by atoms with Gasteiger partial charge in [0.25, 0.3) is 0 Å². The first-order chi connectivity index (χ1) is 28.5. The fourth-order valence-corrected chi connectivity index (χ4v) is 9.48. The Kier molecular flexibility index (Phi) is 7.91. The van der Waals surface area contributed by atoms with Crippen LogP contribution in [-0.4, -0.2) is 0 Å². The molecule has 0 aliphatic heterocycles. The van der Waals surface area contributed by atoms with Crippen LogP contribution in [0.1, 0.15) is 25.0 Å². The topological polar surface area (TPSA) is 3.24 Å². The summed E-state index contributed by atoms with van der Waals surface area (Å²) in [5.74, 6) is 0. The van der Waals surface area contributed by atoms with E-state index in [2.05, 4.69) is 231 Å². The van der Waals surface area contributed by atoms with Gasteiger partial charge < -0.3 is 4.90 Å². The van der Waals surface area contributed by atoms with Crippen molar-refractivity contribution in [2.45, 2.75) is 19.3 Å². The molecule has 1 aliphatic rings. The van der Waals surface area contributed by atoms with E-state index in [0.29, 0.717) is 0 Å². The second kappa shape index (κ2) is 13.5. The zero-order chi connectivity index (χ0) is 38.8. The van der Waals surface area contributed by atoms with Crippen molar-refractivity contribution in [1.29, 1.82) is 0 Å². The van der Waals surface area contributed by atoms with Gasteiger partial charge in [0.1, 0.15) is 0 Å². The number of benzene rings is 10. The molecule has 0 saturated heterocycles. The van der Waals surface area contributed by atoms with Gasteiger partial charge in [0.05, 0.1) is 5.69 Å². The van der Waals surface area contributed by atoms with Crippen LogP contribution < -0.4 is 4.90 Å². The van der Waals surface area contributed by atoms with E-state index in [4.69, 9.17) is 0 Å². The molecule has 1 heteroatoms. The molecule has 0 spiro atoms. The fraction of sp³-hybridized carbons (Fsp3) is 0.0526. The number of rotatable bonds is 6. The van der Waals surface area contributed by atoms with E-state index in [0.717, 1.165) is 17.1 Å². The second-order valence-electron chi connectivity index (χ2n) is 16.1. The third kappa shape index (κ3) is 5.54. The minimum Gasteiger partial charge on any atom is -0.310 e. The number of anilines is 3. The van der Waals surface area contributed by atoms with Crippen molar-refractivity contribution in [2.24, 2.45) is 0 Å². The van der Waals surface area contributed by atoms with Gasteiger partial charge >= 0.3 is 0 Å². The quantitative estimate of drug-likeness (QED) is 0.154. The maximum atomic E-state index is 2.44. The second-order valence-corrected chi connectivity index (χ2v) is 16.1. The molecule has 0 aromatic heterocycles. The lowest BCUT2D eigenvalue weighted by atomic mass is 9.81. The van der Waals surface area contributed by atoms with Gasteiger partial charge in [-0.2, -0.15) is 0 Å². The smallest absolute Gasteiger partial charge is 0.0540 e. The summed E-state index contributed by atoms with van der Waals surface area (Å²) in [6.07, 6.45) is 0. The van der Waals surface area contributed by atoms with Gasteiger partial charge in [0.2, 0.25) is 0 Å². The van der Waals surface area contributed by atoms with Gasteiger partial charge in [-0.15, -0.1) is 0 Å². The molecule has 1 aliphatic carbocycles. The van der Waals surface area contributed by atoms with Crippen molar-refractivity contribution in [2.75, 3.05) is 4.90 Å². The van der Waals surface area contributed by atoms with E-state index in [-0.39, 0.29) is 5.41 Å². The van der Waals surface area contributed by atoms with E-state index in [9.17, 15) is 0 Å². The van der Waals surface area contributed by atoms with Gasteiger partial charge in [-0.05, 0) is 125 Å². The Morgan fingerprint density at radius 2 is 0.931 bits per heavy atom. The Morgan fingerprint density at radius 3 is 1.81 bits per heavy atom. The van der Waals surface area contributed by atoms with Crippen molar-refractivity contribution in [3.05, 3.63) is 223 Å². The number of nitrogens with zero attached hydrogens (tertiary/aromatic N) is 1. The Labute approximate surface area is 340 Å². The number of para-hydroxylation sites is 1. The number of hydrogen-bond donors (Lipinski definition) is 0. The summed E-state index contributed by atoms with van der Waals surface area (Å²) in [5, 5.41) is 7.52. The Hall–Kier alpha value is -7.22. The summed E-state index contributed by atoms with van der Waals surface area (Å²) in [4.78, 5) is 2.44. The molecule has 0 N–H and O–H groups in total. The summed E-state index contributed by atoms with van der Waals surface area (Å²) < 4.78 is 0. The molecule has 1 nitrogen and oxygen atoms in total. The summed E-state index contributed by atoms with van der Waals surface area (Å²) in [7, 11) is 0. The first-order valence-electron chi connectivity index (χ1n) is 20.3. The van der Waals surface area contributed by atoms with Gasteiger partial charge in [-0.3, -0.25) is 0 Å². The standard InChI is InChI=1S/C57H41N/c1-57(2)54-21-10-8-18-52(54)53-34-29-44(37-55(53)57)49-17-9-11-22-56(49)58(46-32-27-42-35-41(23-24-43(42)36-46)38-13-4-3-5-14-38)45-30-25-40(26-31-45)48-19-12-20-50-47-16-7-6-15-39(47)28-33-51(48)50/h3-37H,1-2H3. The van der Waals surface area contributed by atoms with Crippen LogP contribution in [0.25, 0.3) is 76.8 Å². The summed E-state index contributed by atoms with van der Waals surface area (Å²) in [5.41, 5.74) is 16.0. The van der Waals surface area contributed by atoms with Crippen LogP contribution in [0.2, 0.25) is 0 Å². The van der Waals surface area contributed by atoms with Gasteiger partial charge in [0, 0.05) is 22.4 Å². The summed E-state index contributed by atoms with van der Waals surface area (Å²) in [6.45, 7) is 4.72. The van der Waals surface area contributed by atoms with Crippen molar-refractivity contribution in [3.8, 4) is 44.5 Å². The maximum Gasteiger partial charge on any atom is 0.0540 e. The molecular weight excluding hydrogens is 699 g/mol. The maximum absolute atomic E-state index is 2.44. The monoisotopic (exact) mass is 739 g/mol. The lowest BCUT2D eigenvalue weighted by molar-refractivity contribution is 0.660. The molecule has 0 atom stereocenters. The normalized spacial score (nSPS) is 12.8. The predicted octanol–water partition coefficient (Wildman–Crippen LogP) is 15.9. The molecule has 0 fully saturated rings. The van der Waals surface area contributed by atoms with Crippen molar-refractivity contribution in [3.63, 3.8) is 0 Å². The van der Waals surface area contributed by atoms with Crippen LogP contribution in [0.3, 0.4) is 0 Å². The molecule has 0 heterocycles. The minimum atomic E-state index is -0.0861. The molecule has 0 unspecified atom stereocenters. The first kappa shape index (κ1) is 34.1. The lowest BCUT2D eigenvalue weighted by Gasteiger charge is -2.29. The highest BCUT2D eigenvalue weighted by molar-refractivity contribution is 6.12. The molecule has 10 aromatic rings. The Morgan fingerprint density at radius 1 is 0.310 bits per heavy atom. The minimum absolute atomic E-state index is 0.0861. The zero-order valence-electron chi connectivity index (χ0n) is 32.7. The summed E-state index contributed by atoms with van der Waals surface area (Å²) >= 11 is 0. The summed E-state index contributed by atoms with van der Waals surface area (Å²) in [6, 6.07) is 78.2. The van der Waals surface area contributed by atoms with E-state index in [1.165, 1.54) is 88.0 Å². The molecule has 0 saturated carbocycles. The van der Waals surface area contributed by atoms with Gasteiger partial charge in [0.15, 0.2) is 0 Å². The van der Waals surface area contributed by atoms with Gasteiger partial charge in [-0.1, -0.05) is 184 Å². The SMILES string of the molecule is CC1(C)c2ccccc2-c2ccc(-c3ccccc3N(c3ccc(-c4cccc5c4ccc4ccccc45)cc3)c3ccc4cc(-c5ccccc5)ccc4c3)cc21. The Bertz CT molecular complexity index is 3190. The van der Waals surface area contributed by atoms with Crippen LogP contribution in [0, 0.1) is 0 Å². The van der Waals surface area contributed by atoms with Crippen LogP contribution >= 0.6 is 0 Å². The third-order valence-corrected chi connectivity index (χ3v) is 12.5. The van der Waals surface area contributed by atoms with Gasteiger partial charge in [-0.25, -0.2) is 0 Å².